The van der Waals surface area contributed by atoms with Crippen molar-refractivity contribution >= 4 is 17.5 Å². The molecule has 0 aromatic carbocycles. The van der Waals surface area contributed by atoms with Gasteiger partial charge in [-0.05, 0) is 66.9 Å². The minimum absolute atomic E-state index is 0.00179. The van der Waals surface area contributed by atoms with Crippen molar-refractivity contribution in [1.82, 2.24) is 0 Å². The smallest absolute Gasteiger partial charge is 0.330 e. The van der Waals surface area contributed by atoms with Crippen LogP contribution in [0.5, 0.6) is 0 Å². The number of fused-ring (bicyclic) bond motifs is 1. The van der Waals surface area contributed by atoms with Gasteiger partial charge in [0.05, 0.1) is 17.6 Å². The van der Waals surface area contributed by atoms with Crippen LogP contribution in [-0.4, -0.2) is 56.8 Å². The van der Waals surface area contributed by atoms with Crippen LogP contribution in [0.1, 0.15) is 67.2 Å². The molecule has 3 aliphatic heterocycles. The Morgan fingerprint density at radius 1 is 1.15 bits per heavy atom. The number of hydrogen-bond donors (Lipinski definition) is 2. The first kappa shape index (κ1) is 27.2. The van der Waals surface area contributed by atoms with E-state index >= 15 is 0 Å². The van der Waals surface area contributed by atoms with E-state index in [9.17, 15) is 24.6 Å². The summed E-state index contributed by atoms with van der Waals surface area (Å²) in [5, 5.41) is 21.2. The Kier molecular flexibility index (Phi) is 5.96. The van der Waals surface area contributed by atoms with Crippen molar-refractivity contribution in [3.05, 3.63) is 58.1 Å². The molecule has 5 fully saturated rings. The van der Waals surface area contributed by atoms with Gasteiger partial charge in [0.1, 0.15) is 23.5 Å². The Morgan fingerprint density at radius 2 is 1.88 bits per heavy atom. The van der Waals surface area contributed by atoms with Crippen molar-refractivity contribution in [3.8, 4) is 0 Å². The Hall–Kier alpha value is -2.97. The maximum absolute atomic E-state index is 14.6. The topological polar surface area (TPSA) is 119 Å². The Morgan fingerprint density at radius 3 is 2.55 bits per heavy atom. The molecule has 7 rings (SSSR count). The molecular weight excluding hydrogens is 512 g/mol. The third-order valence-corrected chi connectivity index (χ3v) is 10.0. The van der Waals surface area contributed by atoms with Gasteiger partial charge in [0, 0.05) is 35.0 Å². The largest absolute Gasteiger partial charge is 0.486 e. The molecule has 4 bridgehead atoms. The zero-order valence-electron chi connectivity index (χ0n) is 23.9. The number of ketones is 2. The first-order chi connectivity index (χ1) is 18.7. The molecule has 1 spiro atoms. The lowest BCUT2D eigenvalue weighted by Gasteiger charge is -2.62. The number of carbonyl (C=O) groups excluding carboxylic acids is 2. The van der Waals surface area contributed by atoms with Crippen LogP contribution in [0, 0.1) is 23.7 Å². The highest BCUT2D eigenvalue weighted by molar-refractivity contribution is 6.00. The lowest BCUT2D eigenvalue weighted by Crippen LogP contribution is -2.76. The SMILES string of the molecule is CC(C)=CCC1=C2O[C@]34C(C[C@@H]5C[C@H]3C(C)(C)O[C@@]4(C/C=C(\C)C(=O)O)C5=O)C(=O)[C@@H]2C(O)C2=C1OC(C)C=C2. The number of carboxylic acids is 1. The van der Waals surface area contributed by atoms with E-state index in [1.807, 2.05) is 52.8 Å². The molecule has 2 saturated heterocycles. The van der Waals surface area contributed by atoms with Gasteiger partial charge in [-0.3, -0.25) is 9.59 Å². The zero-order chi connectivity index (χ0) is 28.9. The number of carbonyl (C=O) groups is 3. The second-order valence-corrected chi connectivity index (χ2v) is 13.1. The highest BCUT2D eigenvalue weighted by Crippen LogP contribution is 2.70. The highest BCUT2D eigenvalue weighted by Gasteiger charge is 2.84. The van der Waals surface area contributed by atoms with Gasteiger partial charge in [0.15, 0.2) is 22.8 Å². The summed E-state index contributed by atoms with van der Waals surface area (Å²) in [5.41, 5.74) is -1.16. The van der Waals surface area contributed by atoms with E-state index in [1.165, 1.54) is 13.0 Å². The van der Waals surface area contributed by atoms with Crippen LogP contribution >= 0.6 is 0 Å². The molecule has 0 radical (unpaired) electrons. The molecule has 8 nitrogen and oxygen atoms in total. The van der Waals surface area contributed by atoms with Gasteiger partial charge in [0.2, 0.25) is 0 Å². The molecule has 4 aliphatic carbocycles. The minimum Gasteiger partial charge on any atom is -0.486 e. The Bertz CT molecular complexity index is 1370. The Labute approximate surface area is 234 Å². The predicted octanol–water partition coefficient (Wildman–Crippen LogP) is 4.35. The van der Waals surface area contributed by atoms with Gasteiger partial charge < -0.3 is 24.4 Å². The molecule has 0 amide bonds. The van der Waals surface area contributed by atoms with Gasteiger partial charge in [-0.25, -0.2) is 4.79 Å². The lowest BCUT2D eigenvalue weighted by molar-refractivity contribution is -0.233. The number of carboxylic acid groups (broad SMARTS) is 1. The summed E-state index contributed by atoms with van der Waals surface area (Å²) in [6.07, 6.45) is 7.22. The number of Topliss-reactive ketones (excluding diaryl/α,β-unsaturated/α-hetero) is 2. The number of aliphatic carboxylic acids is 1. The molecule has 8 atom stereocenters. The van der Waals surface area contributed by atoms with E-state index in [2.05, 4.69) is 0 Å². The summed E-state index contributed by atoms with van der Waals surface area (Å²) in [6, 6.07) is 0. The van der Waals surface area contributed by atoms with Crippen molar-refractivity contribution in [2.75, 3.05) is 0 Å². The first-order valence-electron chi connectivity index (χ1n) is 14.3. The number of ether oxygens (including phenoxy) is 3. The first-order valence-corrected chi connectivity index (χ1v) is 14.3. The van der Waals surface area contributed by atoms with Crippen LogP contribution in [0.2, 0.25) is 0 Å². The van der Waals surface area contributed by atoms with E-state index in [4.69, 9.17) is 14.2 Å². The molecule has 40 heavy (non-hydrogen) atoms. The number of rotatable bonds is 5. The molecule has 7 aliphatic rings. The lowest BCUT2D eigenvalue weighted by atomic mass is 9.46. The van der Waals surface area contributed by atoms with Crippen LogP contribution in [0.15, 0.2) is 58.1 Å². The van der Waals surface area contributed by atoms with Gasteiger partial charge in [-0.2, -0.15) is 0 Å². The number of allylic oxidation sites excluding steroid dienone is 3. The standard InChI is InChI=1S/C32H38O8/c1-15(2)7-9-20-26-19(10-8-17(4)38-26)24(33)23-25(34)21-13-18-14-22-30(5,6)40-31(28(18)35,12-11-16(3)29(36)37)32(21,22)39-27(20)23/h7-8,10-11,17-18,21-24,33H,9,12-14H2,1-6H3,(H,36,37)/b16-11+/t17?,18-,21?,22+,23+,24?,31+,32-/m1/s1. The van der Waals surface area contributed by atoms with Crippen molar-refractivity contribution in [1.29, 1.82) is 0 Å². The van der Waals surface area contributed by atoms with Crippen LogP contribution in [0.25, 0.3) is 0 Å². The molecule has 214 valence electrons. The van der Waals surface area contributed by atoms with Crippen molar-refractivity contribution < 1.29 is 38.8 Å². The fourth-order valence-electron chi connectivity index (χ4n) is 8.26. The zero-order valence-corrected chi connectivity index (χ0v) is 23.9. The molecule has 0 aromatic heterocycles. The summed E-state index contributed by atoms with van der Waals surface area (Å²) in [5.74, 6) is -2.72. The number of aliphatic hydroxyl groups excluding tert-OH is 1. The maximum Gasteiger partial charge on any atom is 0.330 e. The molecule has 3 unspecified atom stereocenters. The second-order valence-electron chi connectivity index (χ2n) is 13.1. The van der Waals surface area contributed by atoms with Crippen LogP contribution in [0.3, 0.4) is 0 Å². The van der Waals surface area contributed by atoms with E-state index in [-0.39, 0.29) is 35.6 Å². The summed E-state index contributed by atoms with van der Waals surface area (Å²) in [6.45, 7) is 11.2. The van der Waals surface area contributed by atoms with Crippen molar-refractivity contribution in [2.24, 2.45) is 23.7 Å². The summed E-state index contributed by atoms with van der Waals surface area (Å²) in [7, 11) is 0. The third-order valence-electron chi connectivity index (χ3n) is 10.0. The number of hydrogen-bond acceptors (Lipinski definition) is 7. The molecule has 3 saturated carbocycles. The highest BCUT2D eigenvalue weighted by atomic mass is 16.6. The monoisotopic (exact) mass is 550 g/mol. The fourth-order valence-corrected chi connectivity index (χ4v) is 8.26. The molecule has 2 N–H and O–H groups in total. The average molecular weight is 551 g/mol. The quantitative estimate of drug-likeness (QED) is 0.383. The van der Waals surface area contributed by atoms with Gasteiger partial charge in [0.25, 0.3) is 0 Å². The van der Waals surface area contributed by atoms with Crippen LogP contribution < -0.4 is 0 Å². The maximum atomic E-state index is 14.6. The van der Waals surface area contributed by atoms with Crippen molar-refractivity contribution in [3.63, 3.8) is 0 Å². The van der Waals surface area contributed by atoms with Gasteiger partial charge >= 0.3 is 5.97 Å². The van der Waals surface area contributed by atoms with Gasteiger partial charge in [-0.1, -0.05) is 23.8 Å². The third kappa shape index (κ3) is 3.41. The molecule has 3 heterocycles. The van der Waals surface area contributed by atoms with Crippen LogP contribution in [0.4, 0.5) is 0 Å². The predicted molar refractivity (Wildman–Crippen MR) is 145 cm³/mol. The Balaban J connectivity index is 1.59. The second kappa shape index (κ2) is 8.76. The van der Waals surface area contributed by atoms with Crippen LogP contribution in [-0.2, 0) is 28.6 Å². The average Bonchev–Trinajstić information content (AvgIpc) is 3.03. The summed E-state index contributed by atoms with van der Waals surface area (Å²) in [4.78, 5) is 40.4. The number of aliphatic hydroxyl groups is 1. The summed E-state index contributed by atoms with van der Waals surface area (Å²) < 4.78 is 20.1. The molecule has 0 aromatic rings. The van der Waals surface area contributed by atoms with E-state index in [0.29, 0.717) is 41.9 Å². The fraction of sp³-hybridized carbons (Fsp3) is 0.594. The minimum atomic E-state index is -1.51. The van der Waals surface area contributed by atoms with E-state index < -0.39 is 46.6 Å². The van der Waals surface area contributed by atoms with E-state index in [1.54, 1.807) is 0 Å². The van der Waals surface area contributed by atoms with Crippen molar-refractivity contribution in [2.45, 2.75) is 96.2 Å². The normalized spacial score (nSPS) is 40.7. The summed E-state index contributed by atoms with van der Waals surface area (Å²) >= 11 is 0. The van der Waals surface area contributed by atoms with Gasteiger partial charge in [-0.15, -0.1) is 0 Å². The molecular formula is C32H38O8. The molecule has 8 heteroatoms. The van der Waals surface area contributed by atoms with E-state index in [0.717, 1.165) is 5.57 Å².